The number of aliphatic hydroxyl groups is 2. The minimum Gasteiger partial charge on any atom is -0.507 e. The highest BCUT2D eigenvalue weighted by Gasteiger charge is 2.55. The van der Waals surface area contributed by atoms with Crippen LogP contribution in [0.4, 0.5) is 0 Å². The van der Waals surface area contributed by atoms with Gasteiger partial charge in [0.15, 0.2) is 23.5 Å². The van der Waals surface area contributed by atoms with E-state index in [4.69, 9.17) is 24.7 Å². The van der Waals surface area contributed by atoms with Crippen molar-refractivity contribution in [3.8, 4) is 17.2 Å². The molecule has 40 heavy (non-hydrogen) atoms. The molecule has 0 saturated carbocycles. The lowest BCUT2D eigenvalue weighted by Crippen LogP contribution is -2.53. The zero-order chi connectivity index (χ0) is 29.3. The molecule has 12 nitrogen and oxygen atoms in total. The number of phenolic OH excluding ortho intramolecular Hbond substituents is 2. The lowest BCUT2D eigenvalue weighted by molar-refractivity contribution is -0.251. The lowest BCUT2D eigenvalue weighted by Gasteiger charge is -2.45. The van der Waals surface area contributed by atoms with Gasteiger partial charge in [-0.25, -0.2) is 0 Å². The minimum absolute atomic E-state index is 0.0310. The van der Waals surface area contributed by atoms with E-state index in [0.29, 0.717) is 0 Å². The first-order valence-electron chi connectivity index (χ1n) is 12.8. The van der Waals surface area contributed by atoms with Crippen LogP contribution in [0, 0.1) is 0 Å². The predicted molar refractivity (Wildman–Crippen MR) is 136 cm³/mol. The lowest BCUT2D eigenvalue weighted by atomic mass is 9.70. The van der Waals surface area contributed by atoms with Crippen molar-refractivity contribution in [1.29, 1.82) is 0 Å². The van der Waals surface area contributed by atoms with Gasteiger partial charge in [-0.3, -0.25) is 14.4 Å². The normalized spacial score (nSPS) is 31.3. The number of ketones is 3. The van der Waals surface area contributed by atoms with Crippen LogP contribution < -0.4 is 10.5 Å². The maximum Gasteiger partial charge on any atom is 0.202 e. The van der Waals surface area contributed by atoms with Crippen molar-refractivity contribution in [2.24, 2.45) is 5.73 Å². The van der Waals surface area contributed by atoms with Gasteiger partial charge >= 0.3 is 0 Å². The topological polar surface area (TPSA) is 195 Å². The molecule has 1 saturated heterocycles. The van der Waals surface area contributed by atoms with Gasteiger partial charge in [0.05, 0.1) is 42.1 Å². The smallest absolute Gasteiger partial charge is 0.202 e. The van der Waals surface area contributed by atoms with E-state index in [2.05, 4.69) is 0 Å². The molecule has 2 aliphatic carbocycles. The van der Waals surface area contributed by atoms with Crippen molar-refractivity contribution < 1.29 is 53.8 Å². The average Bonchev–Trinajstić information content (AvgIpc) is 2.91. The summed E-state index contributed by atoms with van der Waals surface area (Å²) in [6.07, 6.45) is -6.00. The number of carbonyl (C=O) groups excluding carboxylic acids is 3. The Hall–Kier alpha value is -3.39. The van der Waals surface area contributed by atoms with Crippen LogP contribution in [0.5, 0.6) is 17.2 Å². The Morgan fingerprint density at radius 1 is 1.07 bits per heavy atom. The molecule has 2 aromatic rings. The van der Waals surface area contributed by atoms with E-state index in [1.807, 2.05) is 0 Å². The molecule has 1 heterocycles. The molecule has 1 fully saturated rings. The second-order valence-electron chi connectivity index (χ2n) is 10.4. The molecule has 12 heteroatoms. The Morgan fingerprint density at radius 3 is 2.33 bits per heavy atom. The van der Waals surface area contributed by atoms with Crippen LogP contribution in [0.2, 0.25) is 0 Å². The zero-order valence-electron chi connectivity index (χ0n) is 22.3. The molecular formula is C28H31NO11. The van der Waals surface area contributed by atoms with Crippen LogP contribution in [0.3, 0.4) is 0 Å². The van der Waals surface area contributed by atoms with Gasteiger partial charge in [0.1, 0.15) is 23.4 Å². The highest BCUT2D eigenvalue weighted by Crippen LogP contribution is 2.56. The third-order valence-electron chi connectivity index (χ3n) is 8.12. The molecule has 5 rings (SSSR count). The zero-order valence-corrected chi connectivity index (χ0v) is 22.3. The molecule has 0 amide bonds. The first-order valence-corrected chi connectivity index (χ1v) is 12.8. The van der Waals surface area contributed by atoms with Crippen molar-refractivity contribution in [3.63, 3.8) is 0 Å². The van der Waals surface area contributed by atoms with Gasteiger partial charge in [-0.1, -0.05) is 12.1 Å². The van der Waals surface area contributed by atoms with Crippen LogP contribution in [0.15, 0.2) is 18.2 Å². The van der Waals surface area contributed by atoms with Gasteiger partial charge in [0.25, 0.3) is 0 Å². The van der Waals surface area contributed by atoms with E-state index in [0.717, 1.165) is 6.92 Å². The van der Waals surface area contributed by atoms with Crippen LogP contribution in [-0.4, -0.2) is 82.1 Å². The number of nitrogens with two attached hydrogens (primary N) is 1. The number of rotatable bonds is 5. The number of fused-ring (bicyclic) bond motifs is 3. The minimum atomic E-state index is -2.25. The Bertz CT molecular complexity index is 1410. The van der Waals surface area contributed by atoms with Crippen LogP contribution in [0.1, 0.15) is 81.9 Å². The second kappa shape index (κ2) is 9.91. The van der Waals surface area contributed by atoms with Gasteiger partial charge in [-0.05, 0) is 19.9 Å². The van der Waals surface area contributed by atoms with E-state index in [1.54, 1.807) is 6.92 Å². The number of Topliss-reactive ketones (excluding diaryl/α,β-unsaturated/α-hetero) is 1. The van der Waals surface area contributed by atoms with E-state index < -0.39 is 88.7 Å². The fraction of sp³-hybridized carbons (Fsp3) is 0.464. The summed E-state index contributed by atoms with van der Waals surface area (Å²) >= 11 is 0. The molecule has 2 aromatic carbocycles. The number of hydrogen-bond acceptors (Lipinski definition) is 12. The van der Waals surface area contributed by atoms with Crippen molar-refractivity contribution >= 4 is 17.3 Å². The quantitative estimate of drug-likeness (QED) is 0.281. The number of phenols is 2. The SMILES string of the molecule is COc1cccc2c1C(=O)c1c(O)c3c(c(O)c1C2=O)C(OC)C(O)(C(C)=O)CC3OC1CC(N)C(O)C(C)O1. The number of hydrogen-bond donors (Lipinski definition) is 5. The van der Waals surface area contributed by atoms with Crippen molar-refractivity contribution in [2.45, 2.75) is 69.0 Å². The van der Waals surface area contributed by atoms with Gasteiger partial charge in [-0.2, -0.15) is 0 Å². The highest BCUT2D eigenvalue weighted by molar-refractivity contribution is 6.31. The van der Waals surface area contributed by atoms with E-state index in [9.17, 15) is 34.8 Å². The fourth-order valence-electron chi connectivity index (χ4n) is 6.02. The van der Waals surface area contributed by atoms with Crippen LogP contribution in [0.25, 0.3) is 0 Å². The standard InChI is InChI=1S/C28H31NO11/c1-10-22(31)13(29)8-16(39-10)40-15-9-28(36,11(2)30)27(38-4)21-18(15)25(34)20-19(26(21)35)23(32)12-6-5-7-14(37-3)17(12)24(20)33/h5-7,10,13,15-16,22,27,31,34-36H,8-9,29H2,1-4H3. The number of benzene rings is 2. The average molecular weight is 558 g/mol. The molecule has 1 aliphatic heterocycles. The summed E-state index contributed by atoms with van der Waals surface area (Å²) in [6.45, 7) is 2.72. The first-order chi connectivity index (χ1) is 18.9. The maximum atomic E-state index is 13.7. The third kappa shape index (κ3) is 3.94. The Morgan fingerprint density at radius 2 is 1.73 bits per heavy atom. The summed E-state index contributed by atoms with van der Waals surface area (Å²) in [5, 5.41) is 44.9. The number of ether oxygens (including phenoxy) is 4. The fourth-order valence-corrected chi connectivity index (χ4v) is 6.02. The van der Waals surface area contributed by atoms with Crippen LogP contribution in [-0.2, 0) is 19.0 Å². The van der Waals surface area contributed by atoms with Gasteiger partial charge in [0.2, 0.25) is 5.78 Å². The predicted octanol–water partition coefficient (Wildman–Crippen LogP) is 1.17. The Balaban J connectivity index is 1.74. The maximum absolute atomic E-state index is 13.7. The largest absolute Gasteiger partial charge is 0.507 e. The summed E-state index contributed by atoms with van der Waals surface area (Å²) in [5.41, 5.74) is 2.26. The third-order valence-corrected chi connectivity index (χ3v) is 8.12. The summed E-state index contributed by atoms with van der Waals surface area (Å²) in [5.74, 6) is -3.58. The molecule has 7 atom stereocenters. The van der Waals surface area contributed by atoms with Crippen molar-refractivity contribution in [3.05, 3.63) is 51.6 Å². The number of carbonyl (C=O) groups is 3. The van der Waals surface area contributed by atoms with Crippen molar-refractivity contribution in [2.75, 3.05) is 14.2 Å². The molecule has 0 radical (unpaired) electrons. The molecular weight excluding hydrogens is 526 g/mol. The van der Waals surface area contributed by atoms with Crippen molar-refractivity contribution in [1.82, 2.24) is 0 Å². The van der Waals surface area contributed by atoms with Crippen LogP contribution >= 0.6 is 0 Å². The number of aliphatic hydroxyl groups excluding tert-OH is 1. The second-order valence-corrected chi connectivity index (χ2v) is 10.4. The summed E-state index contributed by atoms with van der Waals surface area (Å²) < 4.78 is 22.6. The Labute approximate surface area is 229 Å². The van der Waals surface area contributed by atoms with Gasteiger partial charge in [-0.15, -0.1) is 0 Å². The number of methoxy groups -OCH3 is 2. The first kappa shape index (κ1) is 28.1. The summed E-state index contributed by atoms with van der Waals surface area (Å²) in [6, 6.07) is 3.67. The molecule has 3 aliphatic rings. The molecule has 0 aromatic heterocycles. The molecule has 214 valence electrons. The molecule has 0 spiro atoms. The summed E-state index contributed by atoms with van der Waals surface area (Å²) in [7, 11) is 2.52. The molecule has 0 bridgehead atoms. The Kier molecular flexibility index (Phi) is 6.97. The van der Waals surface area contributed by atoms with E-state index in [1.165, 1.54) is 32.4 Å². The monoisotopic (exact) mass is 557 g/mol. The molecule has 6 N–H and O–H groups in total. The summed E-state index contributed by atoms with van der Waals surface area (Å²) in [4.78, 5) is 40.2. The van der Waals surface area contributed by atoms with E-state index >= 15 is 0 Å². The van der Waals surface area contributed by atoms with Gasteiger partial charge in [0, 0.05) is 42.7 Å². The number of aromatic hydroxyl groups is 2. The molecule has 7 unspecified atom stereocenters. The highest BCUT2D eigenvalue weighted by atomic mass is 16.7. The van der Waals surface area contributed by atoms with E-state index in [-0.39, 0.29) is 34.4 Å². The van der Waals surface area contributed by atoms with Gasteiger partial charge < -0.3 is 45.1 Å².